The molecule has 0 spiro atoms. The number of ketones is 1. The number of furan rings is 1. The normalized spacial score (nSPS) is 20.0. The number of aryl methyl sites for hydroxylation is 3. The summed E-state index contributed by atoms with van der Waals surface area (Å²) in [4.78, 5) is 39.8. The van der Waals surface area contributed by atoms with Crippen molar-refractivity contribution in [1.29, 1.82) is 0 Å². The lowest BCUT2D eigenvalue weighted by Crippen LogP contribution is -2.41. The zero-order valence-electron chi connectivity index (χ0n) is 18.6. The van der Waals surface area contributed by atoms with Gasteiger partial charge in [-0.1, -0.05) is 0 Å². The number of hydrogen-bond acceptors (Lipinski definition) is 5. The number of carbonyl (C=O) groups is 3. The molecule has 30 heavy (non-hydrogen) atoms. The van der Waals surface area contributed by atoms with Gasteiger partial charge in [-0.05, 0) is 53.7 Å². The molecular formula is C22H29N3O5. The molecule has 0 aromatic carbocycles. The third kappa shape index (κ3) is 3.45. The fraction of sp³-hybridized carbons (Fsp3) is 0.500. The van der Waals surface area contributed by atoms with Gasteiger partial charge < -0.3 is 19.0 Å². The smallest absolute Gasteiger partial charge is 0.325 e. The summed E-state index contributed by atoms with van der Waals surface area (Å²) < 4.78 is 12.8. The van der Waals surface area contributed by atoms with Gasteiger partial charge in [0.15, 0.2) is 5.78 Å². The second kappa shape index (κ2) is 7.75. The van der Waals surface area contributed by atoms with Crippen LogP contribution in [0.25, 0.3) is 0 Å². The monoisotopic (exact) mass is 415 g/mol. The SMILES string of the molecule is COCC(C)n1c(C)cc(C(=O)CN2C(=O)NC(C)(c3cc(C)oc3C)C2=O)c1C. The number of aromatic nitrogens is 1. The van der Waals surface area contributed by atoms with Crippen LogP contribution >= 0.6 is 0 Å². The highest BCUT2D eigenvalue weighted by molar-refractivity contribution is 6.11. The zero-order chi connectivity index (χ0) is 22.4. The lowest BCUT2D eigenvalue weighted by molar-refractivity contribution is -0.130. The number of rotatable bonds is 7. The third-order valence-electron chi connectivity index (χ3n) is 5.79. The van der Waals surface area contributed by atoms with Crippen LogP contribution in [0.2, 0.25) is 0 Å². The van der Waals surface area contributed by atoms with Crippen molar-refractivity contribution >= 4 is 17.7 Å². The molecule has 8 heteroatoms. The van der Waals surface area contributed by atoms with Crippen molar-refractivity contribution in [2.75, 3.05) is 20.3 Å². The first-order valence-corrected chi connectivity index (χ1v) is 9.93. The Morgan fingerprint density at radius 3 is 2.47 bits per heavy atom. The lowest BCUT2D eigenvalue weighted by atomic mass is 9.92. The molecule has 3 heterocycles. The Kier molecular flexibility index (Phi) is 5.64. The number of methoxy groups -OCH3 is 1. The molecule has 2 aromatic rings. The fourth-order valence-electron chi connectivity index (χ4n) is 4.43. The Bertz CT molecular complexity index is 1020. The molecule has 0 aliphatic carbocycles. The molecule has 2 aromatic heterocycles. The van der Waals surface area contributed by atoms with E-state index in [9.17, 15) is 14.4 Å². The Balaban J connectivity index is 1.86. The summed E-state index contributed by atoms with van der Waals surface area (Å²) in [5, 5.41) is 2.73. The predicted octanol–water partition coefficient (Wildman–Crippen LogP) is 3.17. The van der Waals surface area contributed by atoms with E-state index >= 15 is 0 Å². The predicted molar refractivity (Wildman–Crippen MR) is 111 cm³/mol. The van der Waals surface area contributed by atoms with Gasteiger partial charge in [-0.3, -0.25) is 14.5 Å². The highest BCUT2D eigenvalue weighted by Gasteiger charge is 2.51. The molecule has 2 atom stereocenters. The highest BCUT2D eigenvalue weighted by atomic mass is 16.5. The van der Waals surface area contributed by atoms with E-state index in [1.54, 1.807) is 40.0 Å². The summed E-state index contributed by atoms with van der Waals surface area (Å²) in [5.41, 5.74) is 1.55. The minimum Gasteiger partial charge on any atom is -0.466 e. The van der Waals surface area contributed by atoms with Gasteiger partial charge in [0.25, 0.3) is 5.91 Å². The van der Waals surface area contributed by atoms with Crippen molar-refractivity contribution in [3.63, 3.8) is 0 Å². The Labute approximate surface area is 176 Å². The van der Waals surface area contributed by atoms with Crippen molar-refractivity contribution in [3.05, 3.63) is 46.2 Å². The summed E-state index contributed by atoms with van der Waals surface area (Å²) in [5.74, 6) is 0.462. The lowest BCUT2D eigenvalue weighted by Gasteiger charge is -2.21. The van der Waals surface area contributed by atoms with Gasteiger partial charge in [0.05, 0.1) is 19.2 Å². The van der Waals surface area contributed by atoms with Gasteiger partial charge in [-0.25, -0.2) is 4.79 Å². The molecule has 3 rings (SSSR count). The van der Waals surface area contributed by atoms with E-state index < -0.39 is 17.5 Å². The van der Waals surface area contributed by atoms with Crippen LogP contribution in [0.1, 0.15) is 58.7 Å². The van der Waals surface area contributed by atoms with Gasteiger partial charge in [0.1, 0.15) is 17.1 Å². The summed E-state index contributed by atoms with van der Waals surface area (Å²) in [6.07, 6.45) is 0. The van der Waals surface area contributed by atoms with Gasteiger partial charge in [-0.15, -0.1) is 0 Å². The fourth-order valence-corrected chi connectivity index (χ4v) is 4.43. The maximum atomic E-state index is 13.1. The maximum absolute atomic E-state index is 13.1. The van der Waals surface area contributed by atoms with Crippen LogP contribution in [0, 0.1) is 27.7 Å². The Morgan fingerprint density at radius 1 is 1.23 bits per heavy atom. The topological polar surface area (TPSA) is 93.8 Å². The third-order valence-corrected chi connectivity index (χ3v) is 5.79. The maximum Gasteiger partial charge on any atom is 0.325 e. The molecule has 162 valence electrons. The molecule has 0 radical (unpaired) electrons. The number of imide groups is 1. The van der Waals surface area contributed by atoms with Crippen LogP contribution in [0.5, 0.6) is 0 Å². The number of Topliss-reactive ketones (excluding diaryl/α,β-unsaturated/α-hetero) is 1. The van der Waals surface area contributed by atoms with Crippen molar-refractivity contribution < 1.29 is 23.5 Å². The second-order valence-corrected chi connectivity index (χ2v) is 8.16. The summed E-state index contributed by atoms with van der Waals surface area (Å²) in [7, 11) is 1.63. The van der Waals surface area contributed by atoms with Crippen LogP contribution in [-0.4, -0.2) is 47.4 Å². The average molecular weight is 415 g/mol. The van der Waals surface area contributed by atoms with Crippen LogP contribution in [-0.2, 0) is 15.1 Å². The number of ether oxygens (including phenoxy) is 1. The van der Waals surface area contributed by atoms with E-state index in [-0.39, 0.29) is 18.4 Å². The van der Waals surface area contributed by atoms with E-state index in [4.69, 9.17) is 9.15 Å². The van der Waals surface area contributed by atoms with Gasteiger partial charge in [-0.2, -0.15) is 0 Å². The zero-order valence-corrected chi connectivity index (χ0v) is 18.6. The molecule has 8 nitrogen and oxygen atoms in total. The number of amides is 3. The van der Waals surface area contributed by atoms with Crippen molar-refractivity contribution in [2.24, 2.45) is 0 Å². The number of urea groups is 1. The number of nitrogens with zero attached hydrogens (tertiary/aromatic N) is 2. The molecule has 3 amide bonds. The van der Waals surface area contributed by atoms with Crippen molar-refractivity contribution in [1.82, 2.24) is 14.8 Å². The van der Waals surface area contributed by atoms with E-state index in [2.05, 4.69) is 5.32 Å². The summed E-state index contributed by atoms with van der Waals surface area (Å²) in [6, 6.07) is 3.01. The molecule has 1 N–H and O–H groups in total. The second-order valence-electron chi connectivity index (χ2n) is 8.16. The molecule has 1 saturated heterocycles. The molecule has 1 aliphatic heterocycles. The molecule has 1 aliphatic rings. The standard InChI is InChI=1S/C22H29N3O5/c1-12-8-17(15(4)25(12)13(2)11-29-7)19(26)10-24-20(27)22(6,23-21(24)28)18-9-14(3)30-16(18)5/h8-9,13H,10-11H2,1-7H3,(H,23,28). The summed E-state index contributed by atoms with van der Waals surface area (Å²) in [6.45, 7) is 11.1. The molecular weight excluding hydrogens is 386 g/mol. The molecule has 1 fully saturated rings. The Morgan fingerprint density at radius 2 is 1.90 bits per heavy atom. The molecule has 0 bridgehead atoms. The first-order valence-electron chi connectivity index (χ1n) is 9.93. The van der Waals surface area contributed by atoms with E-state index in [1.165, 1.54) is 0 Å². The number of hydrogen-bond donors (Lipinski definition) is 1. The van der Waals surface area contributed by atoms with Crippen LogP contribution in [0.15, 0.2) is 16.5 Å². The minimum atomic E-state index is -1.26. The number of nitrogens with one attached hydrogen (secondary N) is 1. The first-order chi connectivity index (χ1) is 14.0. The van der Waals surface area contributed by atoms with Gasteiger partial charge in [0.2, 0.25) is 0 Å². The quantitative estimate of drug-likeness (QED) is 0.554. The van der Waals surface area contributed by atoms with Crippen LogP contribution in [0.3, 0.4) is 0 Å². The van der Waals surface area contributed by atoms with Crippen LogP contribution in [0.4, 0.5) is 4.79 Å². The molecule has 0 saturated carbocycles. The Hall–Kier alpha value is -2.87. The largest absolute Gasteiger partial charge is 0.466 e. The highest BCUT2D eigenvalue weighted by Crippen LogP contribution is 2.33. The van der Waals surface area contributed by atoms with Crippen LogP contribution < -0.4 is 5.32 Å². The first kappa shape index (κ1) is 21.8. The number of carbonyl (C=O) groups excluding carboxylic acids is 3. The van der Waals surface area contributed by atoms with Gasteiger partial charge >= 0.3 is 6.03 Å². The van der Waals surface area contributed by atoms with Gasteiger partial charge in [0, 0.05) is 29.6 Å². The van der Waals surface area contributed by atoms with Crippen molar-refractivity contribution in [2.45, 2.75) is 53.1 Å². The van der Waals surface area contributed by atoms with Crippen molar-refractivity contribution in [3.8, 4) is 0 Å². The minimum absolute atomic E-state index is 0.0591. The van der Waals surface area contributed by atoms with E-state index in [1.807, 2.05) is 25.3 Å². The van der Waals surface area contributed by atoms with E-state index in [0.29, 0.717) is 29.3 Å². The van der Waals surface area contributed by atoms with E-state index in [0.717, 1.165) is 16.3 Å². The average Bonchev–Trinajstić information content (AvgIpc) is 3.23. The molecule has 2 unspecified atom stereocenters. The summed E-state index contributed by atoms with van der Waals surface area (Å²) >= 11 is 0.